The minimum Gasteiger partial charge on any atom is -0.493 e. The molecule has 0 saturated heterocycles. The van der Waals surface area contributed by atoms with Crippen LogP contribution in [0.2, 0.25) is 0 Å². The maximum atomic E-state index is 8.47. The van der Waals surface area contributed by atoms with Crippen LogP contribution in [0.5, 0.6) is 5.75 Å². The molecule has 2 aromatic rings. The molecule has 1 N–H and O–H groups in total. The molecular formula is C15H18N4O. The van der Waals surface area contributed by atoms with Crippen molar-refractivity contribution in [2.24, 2.45) is 7.05 Å². The highest BCUT2D eigenvalue weighted by Gasteiger charge is 2.00. The molecule has 1 heterocycles. The summed E-state index contributed by atoms with van der Waals surface area (Å²) in [5.74, 6) is 0.818. The Kier molecular flexibility index (Phi) is 5.01. The molecule has 5 nitrogen and oxygen atoms in total. The van der Waals surface area contributed by atoms with Crippen LogP contribution in [-0.4, -0.2) is 16.2 Å². The first kappa shape index (κ1) is 13.9. The van der Waals surface area contributed by atoms with Gasteiger partial charge in [0.2, 0.25) is 0 Å². The van der Waals surface area contributed by atoms with Gasteiger partial charge in [-0.05, 0) is 18.6 Å². The maximum absolute atomic E-state index is 8.47. The number of imidazole rings is 1. The Bertz CT molecular complexity index is 586. The van der Waals surface area contributed by atoms with Crippen molar-refractivity contribution >= 4 is 5.69 Å². The van der Waals surface area contributed by atoms with E-state index in [1.54, 1.807) is 6.33 Å². The summed E-state index contributed by atoms with van der Waals surface area (Å²) in [6, 6.07) is 9.93. The number of ether oxygens (including phenoxy) is 1. The number of hydrogen-bond acceptors (Lipinski definition) is 4. The van der Waals surface area contributed by atoms with E-state index in [4.69, 9.17) is 10.00 Å². The summed E-state index contributed by atoms with van der Waals surface area (Å²) < 4.78 is 7.58. The van der Waals surface area contributed by atoms with Crippen molar-refractivity contribution in [3.05, 3.63) is 42.5 Å². The van der Waals surface area contributed by atoms with Gasteiger partial charge in [0.15, 0.2) is 0 Å². The third-order valence-corrected chi connectivity index (χ3v) is 2.93. The first-order chi connectivity index (χ1) is 9.79. The van der Waals surface area contributed by atoms with E-state index in [9.17, 15) is 0 Å². The number of benzene rings is 1. The van der Waals surface area contributed by atoms with Gasteiger partial charge in [0, 0.05) is 31.4 Å². The lowest BCUT2D eigenvalue weighted by Gasteiger charge is -2.09. The van der Waals surface area contributed by atoms with E-state index in [0.717, 1.165) is 23.6 Å². The minimum atomic E-state index is 0.526. The standard InChI is InChI=1S/C15H18N4O/c1-19-12-17-10-14(19)11-18-13-5-4-6-15(9-13)20-8-3-2-7-16/h4-6,9-10,12,18H,2-3,8,11H2,1H3. The normalized spacial score (nSPS) is 10.0. The lowest BCUT2D eigenvalue weighted by atomic mass is 10.3. The van der Waals surface area contributed by atoms with Crippen LogP contribution in [0, 0.1) is 11.3 Å². The minimum absolute atomic E-state index is 0.526. The Morgan fingerprint density at radius 1 is 1.45 bits per heavy atom. The molecule has 0 fully saturated rings. The topological polar surface area (TPSA) is 62.9 Å². The van der Waals surface area contributed by atoms with Gasteiger partial charge in [-0.25, -0.2) is 4.98 Å². The van der Waals surface area contributed by atoms with Crippen LogP contribution in [-0.2, 0) is 13.6 Å². The van der Waals surface area contributed by atoms with Crippen LogP contribution in [0.25, 0.3) is 0 Å². The molecule has 5 heteroatoms. The van der Waals surface area contributed by atoms with Crippen LogP contribution < -0.4 is 10.1 Å². The van der Waals surface area contributed by atoms with Crippen molar-refractivity contribution < 1.29 is 4.74 Å². The van der Waals surface area contributed by atoms with Crippen molar-refractivity contribution in [3.63, 3.8) is 0 Å². The highest BCUT2D eigenvalue weighted by molar-refractivity contribution is 5.48. The molecule has 1 aromatic heterocycles. The molecular weight excluding hydrogens is 252 g/mol. The van der Waals surface area contributed by atoms with Crippen LogP contribution in [0.15, 0.2) is 36.8 Å². The first-order valence-electron chi connectivity index (χ1n) is 6.58. The second kappa shape index (κ2) is 7.19. The van der Waals surface area contributed by atoms with E-state index in [1.165, 1.54) is 0 Å². The summed E-state index contributed by atoms with van der Waals surface area (Å²) in [7, 11) is 1.97. The van der Waals surface area contributed by atoms with Gasteiger partial charge in [0.05, 0.1) is 31.2 Å². The van der Waals surface area contributed by atoms with Gasteiger partial charge in [-0.2, -0.15) is 5.26 Å². The molecule has 0 saturated carbocycles. The van der Waals surface area contributed by atoms with E-state index in [-0.39, 0.29) is 0 Å². The molecule has 0 aliphatic heterocycles. The fraction of sp³-hybridized carbons (Fsp3) is 0.333. The van der Waals surface area contributed by atoms with Crippen molar-refractivity contribution in [1.82, 2.24) is 9.55 Å². The monoisotopic (exact) mass is 270 g/mol. The van der Waals surface area contributed by atoms with Crippen LogP contribution in [0.1, 0.15) is 18.5 Å². The number of aromatic nitrogens is 2. The Balaban J connectivity index is 1.86. The van der Waals surface area contributed by atoms with Crippen LogP contribution >= 0.6 is 0 Å². The second-order valence-corrected chi connectivity index (χ2v) is 4.49. The van der Waals surface area contributed by atoms with Crippen LogP contribution in [0.4, 0.5) is 5.69 Å². The fourth-order valence-electron chi connectivity index (χ4n) is 1.78. The zero-order valence-corrected chi connectivity index (χ0v) is 11.5. The summed E-state index contributed by atoms with van der Waals surface area (Å²) in [5, 5.41) is 11.8. The number of nitriles is 1. The predicted octanol–water partition coefficient (Wildman–Crippen LogP) is 2.71. The van der Waals surface area contributed by atoms with Crippen molar-refractivity contribution in [1.29, 1.82) is 5.26 Å². The average Bonchev–Trinajstić information content (AvgIpc) is 2.87. The second-order valence-electron chi connectivity index (χ2n) is 4.49. The van der Waals surface area contributed by atoms with Crippen LogP contribution in [0.3, 0.4) is 0 Å². The molecule has 0 unspecified atom stereocenters. The SMILES string of the molecule is Cn1cncc1CNc1cccc(OCCCC#N)c1. The summed E-state index contributed by atoms with van der Waals surface area (Å²) in [6.07, 6.45) is 4.91. The van der Waals surface area contributed by atoms with Gasteiger partial charge in [-0.1, -0.05) is 6.07 Å². The zero-order valence-electron chi connectivity index (χ0n) is 11.5. The molecule has 0 atom stereocenters. The summed E-state index contributed by atoms with van der Waals surface area (Å²) >= 11 is 0. The van der Waals surface area contributed by atoms with Gasteiger partial charge >= 0.3 is 0 Å². The van der Waals surface area contributed by atoms with E-state index < -0.39 is 0 Å². The lowest BCUT2D eigenvalue weighted by molar-refractivity contribution is 0.313. The van der Waals surface area contributed by atoms with Gasteiger partial charge in [-0.3, -0.25) is 0 Å². The van der Waals surface area contributed by atoms with E-state index in [2.05, 4.69) is 16.4 Å². The van der Waals surface area contributed by atoms with E-state index >= 15 is 0 Å². The Labute approximate surface area is 118 Å². The largest absolute Gasteiger partial charge is 0.493 e. The fourth-order valence-corrected chi connectivity index (χ4v) is 1.78. The highest BCUT2D eigenvalue weighted by Crippen LogP contribution is 2.18. The number of nitrogens with zero attached hydrogens (tertiary/aromatic N) is 3. The molecule has 1 aromatic carbocycles. The number of hydrogen-bond donors (Lipinski definition) is 1. The third kappa shape index (κ3) is 4.02. The summed E-state index contributed by atoms with van der Waals surface area (Å²) in [5.41, 5.74) is 2.12. The molecule has 0 amide bonds. The van der Waals surface area contributed by atoms with E-state index in [1.807, 2.05) is 42.1 Å². The number of rotatable bonds is 7. The Morgan fingerprint density at radius 2 is 2.35 bits per heavy atom. The van der Waals surface area contributed by atoms with Crippen molar-refractivity contribution in [2.45, 2.75) is 19.4 Å². The van der Waals surface area contributed by atoms with Gasteiger partial charge in [0.25, 0.3) is 0 Å². The molecule has 104 valence electrons. The molecule has 0 aliphatic carbocycles. The first-order valence-corrected chi connectivity index (χ1v) is 6.58. The van der Waals surface area contributed by atoms with Crippen molar-refractivity contribution in [2.75, 3.05) is 11.9 Å². The molecule has 2 rings (SSSR count). The lowest BCUT2D eigenvalue weighted by Crippen LogP contribution is -2.04. The average molecular weight is 270 g/mol. The zero-order chi connectivity index (χ0) is 14.2. The maximum Gasteiger partial charge on any atom is 0.121 e. The Hall–Kier alpha value is -2.48. The molecule has 0 aliphatic rings. The van der Waals surface area contributed by atoms with Gasteiger partial charge in [0.1, 0.15) is 5.75 Å². The number of anilines is 1. The predicted molar refractivity (Wildman–Crippen MR) is 77.3 cm³/mol. The number of aryl methyl sites for hydroxylation is 1. The number of unbranched alkanes of at least 4 members (excludes halogenated alkanes) is 1. The molecule has 0 bridgehead atoms. The molecule has 0 radical (unpaired) electrons. The van der Waals surface area contributed by atoms with Crippen molar-refractivity contribution in [3.8, 4) is 11.8 Å². The van der Waals surface area contributed by atoms with E-state index in [0.29, 0.717) is 19.6 Å². The molecule has 0 spiro atoms. The smallest absolute Gasteiger partial charge is 0.121 e. The Morgan fingerprint density at radius 3 is 3.10 bits per heavy atom. The quantitative estimate of drug-likeness (QED) is 0.786. The van der Waals surface area contributed by atoms with Gasteiger partial charge in [-0.15, -0.1) is 0 Å². The number of nitrogens with one attached hydrogen (secondary N) is 1. The molecule has 20 heavy (non-hydrogen) atoms. The van der Waals surface area contributed by atoms with Gasteiger partial charge < -0.3 is 14.6 Å². The third-order valence-electron chi connectivity index (χ3n) is 2.93. The summed E-state index contributed by atoms with van der Waals surface area (Å²) in [4.78, 5) is 4.08. The summed E-state index contributed by atoms with van der Waals surface area (Å²) in [6.45, 7) is 1.28. The highest BCUT2D eigenvalue weighted by atomic mass is 16.5.